The van der Waals surface area contributed by atoms with E-state index in [0.29, 0.717) is 18.3 Å². The van der Waals surface area contributed by atoms with E-state index < -0.39 is 0 Å². The van der Waals surface area contributed by atoms with Crippen LogP contribution in [0.3, 0.4) is 0 Å². The zero-order valence-corrected chi connectivity index (χ0v) is 10.8. The molecule has 1 aromatic heterocycles. The van der Waals surface area contributed by atoms with Crippen LogP contribution in [0.4, 0.5) is 0 Å². The maximum absolute atomic E-state index is 12.0. The lowest BCUT2D eigenvalue weighted by atomic mass is 10.0. The van der Waals surface area contributed by atoms with Crippen molar-refractivity contribution in [3.05, 3.63) is 47.5 Å². The monoisotopic (exact) mass is 256 g/mol. The molecule has 1 aromatic carbocycles. The predicted octanol–water partition coefficient (Wildman–Crippen LogP) is 1.53. The number of aryl methyl sites for hydroxylation is 1. The molecule has 1 saturated carbocycles. The lowest BCUT2D eigenvalue weighted by Crippen LogP contribution is -2.25. The Morgan fingerprint density at radius 2 is 2.32 bits per heavy atom. The van der Waals surface area contributed by atoms with Gasteiger partial charge in [-0.1, -0.05) is 24.3 Å². The molecule has 0 spiro atoms. The molecule has 19 heavy (non-hydrogen) atoms. The molecule has 0 radical (unpaired) electrons. The molecule has 0 unspecified atom stereocenters. The van der Waals surface area contributed by atoms with Gasteiger partial charge >= 0.3 is 0 Å². The number of rotatable bonds is 4. The van der Waals surface area contributed by atoms with Crippen LogP contribution in [-0.2, 0) is 11.3 Å². The van der Waals surface area contributed by atoms with Crippen molar-refractivity contribution < 1.29 is 4.79 Å². The van der Waals surface area contributed by atoms with Gasteiger partial charge in [-0.25, -0.2) is 4.98 Å². The number of nitrogens with one attached hydrogen (secondary N) is 2. The Labute approximate surface area is 111 Å². The lowest BCUT2D eigenvalue weighted by Gasteiger charge is -2.05. The fourth-order valence-corrected chi connectivity index (χ4v) is 2.45. The van der Waals surface area contributed by atoms with E-state index in [1.165, 1.54) is 17.5 Å². The van der Waals surface area contributed by atoms with Crippen LogP contribution in [0.15, 0.2) is 30.6 Å². The highest BCUT2D eigenvalue weighted by Gasteiger charge is 2.44. The van der Waals surface area contributed by atoms with Gasteiger partial charge < -0.3 is 5.32 Å². The van der Waals surface area contributed by atoms with Crippen molar-refractivity contribution in [2.45, 2.75) is 25.8 Å². The standard InChI is InChI=1S/C14H16N4O/c1-9-4-2-3-5-10(9)11-6-12(11)14(19)15-7-13-16-8-17-18-13/h2-5,8,11-12H,6-7H2,1H3,(H,15,19)(H,16,17,18)/t11-,12-/m0/s1. The first kappa shape index (κ1) is 11.9. The fraction of sp³-hybridized carbons (Fsp3) is 0.357. The van der Waals surface area contributed by atoms with E-state index in [0.717, 1.165) is 6.42 Å². The summed E-state index contributed by atoms with van der Waals surface area (Å²) < 4.78 is 0. The number of hydrogen-bond donors (Lipinski definition) is 2. The summed E-state index contributed by atoms with van der Waals surface area (Å²) >= 11 is 0. The minimum absolute atomic E-state index is 0.101. The van der Waals surface area contributed by atoms with Gasteiger partial charge in [-0.3, -0.25) is 9.89 Å². The van der Waals surface area contributed by atoms with Crippen molar-refractivity contribution in [1.29, 1.82) is 0 Å². The SMILES string of the molecule is Cc1ccccc1[C@@H]1C[C@@H]1C(=O)NCc1ncn[nH]1. The highest BCUT2D eigenvalue weighted by atomic mass is 16.2. The average Bonchev–Trinajstić information content (AvgIpc) is 3.04. The molecule has 3 rings (SSSR count). The van der Waals surface area contributed by atoms with Crippen molar-refractivity contribution in [1.82, 2.24) is 20.5 Å². The van der Waals surface area contributed by atoms with Crippen molar-refractivity contribution in [3.8, 4) is 0 Å². The third-order valence-corrected chi connectivity index (χ3v) is 3.61. The normalized spacial score (nSPS) is 21.1. The van der Waals surface area contributed by atoms with Gasteiger partial charge in [-0.05, 0) is 30.4 Å². The summed E-state index contributed by atoms with van der Waals surface area (Å²) in [6.45, 7) is 2.51. The highest BCUT2D eigenvalue weighted by molar-refractivity contribution is 5.82. The fourth-order valence-electron chi connectivity index (χ4n) is 2.45. The Morgan fingerprint density at radius 3 is 3.05 bits per heavy atom. The summed E-state index contributed by atoms with van der Waals surface area (Å²) in [6, 6.07) is 8.27. The smallest absolute Gasteiger partial charge is 0.224 e. The molecular weight excluding hydrogens is 240 g/mol. The molecule has 1 aliphatic carbocycles. The van der Waals surface area contributed by atoms with Crippen LogP contribution < -0.4 is 5.32 Å². The molecule has 2 N–H and O–H groups in total. The summed E-state index contributed by atoms with van der Waals surface area (Å²) in [5, 5.41) is 9.37. The average molecular weight is 256 g/mol. The molecule has 1 amide bonds. The zero-order chi connectivity index (χ0) is 13.2. The number of aromatic amines is 1. The second-order valence-electron chi connectivity index (χ2n) is 4.96. The van der Waals surface area contributed by atoms with Crippen LogP contribution in [0.25, 0.3) is 0 Å². The Kier molecular flexibility index (Phi) is 3.03. The van der Waals surface area contributed by atoms with Crippen LogP contribution in [0.2, 0.25) is 0 Å². The van der Waals surface area contributed by atoms with E-state index in [-0.39, 0.29) is 11.8 Å². The van der Waals surface area contributed by atoms with E-state index in [9.17, 15) is 4.79 Å². The molecule has 1 fully saturated rings. The number of H-pyrrole nitrogens is 1. The number of carbonyl (C=O) groups excluding carboxylic acids is 1. The largest absolute Gasteiger partial charge is 0.349 e. The van der Waals surface area contributed by atoms with E-state index in [2.05, 4.69) is 39.6 Å². The van der Waals surface area contributed by atoms with Gasteiger partial charge in [0.25, 0.3) is 0 Å². The van der Waals surface area contributed by atoms with Crippen molar-refractivity contribution in [2.75, 3.05) is 0 Å². The first-order valence-corrected chi connectivity index (χ1v) is 6.43. The number of benzene rings is 1. The minimum Gasteiger partial charge on any atom is -0.349 e. The summed E-state index contributed by atoms with van der Waals surface area (Å²) in [5.41, 5.74) is 2.56. The second kappa shape index (κ2) is 4.84. The van der Waals surface area contributed by atoms with Gasteiger partial charge in [0.1, 0.15) is 12.2 Å². The Balaban J connectivity index is 1.57. The third-order valence-electron chi connectivity index (χ3n) is 3.61. The van der Waals surface area contributed by atoms with E-state index in [4.69, 9.17) is 0 Å². The Hall–Kier alpha value is -2.17. The van der Waals surface area contributed by atoms with E-state index >= 15 is 0 Å². The summed E-state index contributed by atoms with van der Waals surface area (Å²) in [4.78, 5) is 16.0. The van der Waals surface area contributed by atoms with Crippen molar-refractivity contribution in [3.63, 3.8) is 0 Å². The number of nitrogens with zero attached hydrogens (tertiary/aromatic N) is 2. The van der Waals surface area contributed by atoms with Gasteiger partial charge in [0, 0.05) is 5.92 Å². The maximum Gasteiger partial charge on any atom is 0.224 e. The van der Waals surface area contributed by atoms with Gasteiger partial charge in [0.2, 0.25) is 5.91 Å². The van der Waals surface area contributed by atoms with Crippen LogP contribution in [0.1, 0.15) is 29.3 Å². The molecule has 1 heterocycles. The molecule has 0 bridgehead atoms. The topological polar surface area (TPSA) is 70.7 Å². The van der Waals surface area contributed by atoms with Crippen LogP contribution in [0, 0.1) is 12.8 Å². The van der Waals surface area contributed by atoms with Gasteiger partial charge in [-0.15, -0.1) is 0 Å². The quantitative estimate of drug-likeness (QED) is 0.871. The molecule has 2 aromatic rings. The predicted molar refractivity (Wildman–Crippen MR) is 70.3 cm³/mol. The lowest BCUT2D eigenvalue weighted by molar-refractivity contribution is -0.122. The van der Waals surface area contributed by atoms with E-state index in [1.54, 1.807) is 0 Å². The summed E-state index contributed by atoms with van der Waals surface area (Å²) in [5.74, 6) is 1.26. The summed E-state index contributed by atoms with van der Waals surface area (Å²) in [6.07, 6.45) is 2.38. The molecule has 0 aliphatic heterocycles. The van der Waals surface area contributed by atoms with E-state index in [1.807, 2.05) is 12.1 Å². The summed E-state index contributed by atoms with van der Waals surface area (Å²) in [7, 11) is 0. The Morgan fingerprint density at radius 1 is 1.47 bits per heavy atom. The van der Waals surface area contributed by atoms with Crippen LogP contribution in [0.5, 0.6) is 0 Å². The molecule has 5 heteroatoms. The molecule has 2 atom stereocenters. The van der Waals surface area contributed by atoms with Gasteiger partial charge in [0.05, 0.1) is 6.54 Å². The Bertz CT molecular complexity index is 579. The third kappa shape index (κ3) is 2.50. The van der Waals surface area contributed by atoms with Crippen LogP contribution in [-0.4, -0.2) is 21.1 Å². The molecule has 1 aliphatic rings. The molecule has 5 nitrogen and oxygen atoms in total. The second-order valence-corrected chi connectivity index (χ2v) is 4.96. The highest BCUT2D eigenvalue weighted by Crippen LogP contribution is 2.48. The number of carbonyl (C=O) groups is 1. The van der Waals surface area contributed by atoms with Crippen LogP contribution >= 0.6 is 0 Å². The first-order chi connectivity index (χ1) is 9.25. The van der Waals surface area contributed by atoms with Crippen molar-refractivity contribution >= 4 is 5.91 Å². The number of amides is 1. The number of hydrogen-bond acceptors (Lipinski definition) is 3. The number of aromatic nitrogens is 3. The molecule has 98 valence electrons. The maximum atomic E-state index is 12.0. The minimum atomic E-state index is 0.101. The molecule has 0 saturated heterocycles. The van der Waals surface area contributed by atoms with Gasteiger partial charge in [-0.2, -0.15) is 5.10 Å². The van der Waals surface area contributed by atoms with Gasteiger partial charge in [0.15, 0.2) is 0 Å². The molecular formula is C14H16N4O. The van der Waals surface area contributed by atoms with Crippen molar-refractivity contribution in [2.24, 2.45) is 5.92 Å². The first-order valence-electron chi connectivity index (χ1n) is 6.43. The zero-order valence-electron chi connectivity index (χ0n) is 10.8.